The molecular weight excluding hydrogens is 196 g/mol. The number of halogens is 1. The van der Waals surface area contributed by atoms with E-state index in [2.05, 4.69) is 30.7 Å². The van der Waals surface area contributed by atoms with Gasteiger partial charge in [0, 0.05) is 16.7 Å². The molecule has 1 aromatic heterocycles. The van der Waals surface area contributed by atoms with Gasteiger partial charge in [-0.1, -0.05) is 32.4 Å². The van der Waals surface area contributed by atoms with Crippen molar-refractivity contribution in [2.75, 3.05) is 0 Å². The van der Waals surface area contributed by atoms with Crippen LogP contribution in [0.2, 0.25) is 5.15 Å². The van der Waals surface area contributed by atoms with E-state index in [1.54, 1.807) is 0 Å². The van der Waals surface area contributed by atoms with Crippen LogP contribution in [-0.4, -0.2) is 9.97 Å². The first-order chi connectivity index (χ1) is 6.48. The normalized spacial score (nSPS) is 15.7. The van der Waals surface area contributed by atoms with Crippen molar-refractivity contribution in [1.82, 2.24) is 9.97 Å². The van der Waals surface area contributed by atoms with Gasteiger partial charge in [0.05, 0.1) is 0 Å². The highest BCUT2D eigenvalue weighted by molar-refractivity contribution is 6.30. The van der Waals surface area contributed by atoms with Crippen LogP contribution in [0.5, 0.6) is 0 Å². The van der Waals surface area contributed by atoms with Crippen LogP contribution in [0.3, 0.4) is 0 Å². The van der Waals surface area contributed by atoms with E-state index in [4.69, 9.17) is 11.6 Å². The zero-order valence-electron chi connectivity index (χ0n) is 8.89. The minimum absolute atomic E-state index is 0.0126. The van der Waals surface area contributed by atoms with Crippen molar-refractivity contribution in [2.45, 2.75) is 45.4 Å². The fourth-order valence-corrected chi connectivity index (χ4v) is 2.01. The van der Waals surface area contributed by atoms with Crippen molar-refractivity contribution in [1.29, 1.82) is 0 Å². The first-order valence-electron chi connectivity index (χ1n) is 5.04. The standard InChI is InChI=1S/C11H15ClN2/c1-11(2,3)10-13-8-6-4-5-7(8)9(12)14-10/h4-6H2,1-3H3. The van der Waals surface area contributed by atoms with E-state index in [1.807, 2.05) is 0 Å². The Kier molecular flexibility index (Phi) is 2.26. The third-order valence-electron chi connectivity index (χ3n) is 2.55. The average Bonchev–Trinajstić information content (AvgIpc) is 2.50. The highest BCUT2D eigenvalue weighted by Gasteiger charge is 2.23. The number of rotatable bonds is 0. The summed E-state index contributed by atoms with van der Waals surface area (Å²) in [4.78, 5) is 8.96. The summed E-state index contributed by atoms with van der Waals surface area (Å²) in [6, 6.07) is 0. The summed E-state index contributed by atoms with van der Waals surface area (Å²) in [6.45, 7) is 6.33. The zero-order valence-corrected chi connectivity index (χ0v) is 9.65. The molecule has 0 aliphatic heterocycles. The number of aryl methyl sites for hydroxylation is 1. The molecule has 0 unspecified atom stereocenters. The fourth-order valence-electron chi connectivity index (χ4n) is 1.72. The molecule has 0 saturated heterocycles. The Morgan fingerprint density at radius 2 is 1.86 bits per heavy atom. The number of nitrogens with zero attached hydrogens (tertiary/aromatic N) is 2. The molecule has 14 heavy (non-hydrogen) atoms. The molecule has 1 aliphatic rings. The first kappa shape index (κ1) is 9.91. The molecule has 76 valence electrons. The Morgan fingerprint density at radius 1 is 1.14 bits per heavy atom. The molecule has 0 fully saturated rings. The molecule has 0 radical (unpaired) electrons. The van der Waals surface area contributed by atoms with E-state index in [0.717, 1.165) is 30.8 Å². The molecular formula is C11H15ClN2. The van der Waals surface area contributed by atoms with Crippen LogP contribution in [-0.2, 0) is 18.3 Å². The summed E-state index contributed by atoms with van der Waals surface area (Å²) < 4.78 is 0. The van der Waals surface area contributed by atoms with Crippen molar-refractivity contribution in [3.63, 3.8) is 0 Å². The van der Waals surface area contributed by atoms with E-state index in [0.29, 0.717) is 5.15 Å². The molecule has 0 amide bonds. The van der Waals surface area contributed by atoms with Gasteiger partial charge in [-0.05, 0) is 19.3 Å². The summed E-state index contributed by atoms with van der Waals surface area (Å²) in [6.07, 6.45) is 3.26. The molecule has 0 N–H and O–H groups in total. The van der Waals surface area contributed by atoms with Gasteiger partial charge in [-0.2, -0.15) is 0 Å². The topological polar surface area (TPSA) is 25.8 Å². The number of hydrogen-bond acceptors (Lipinski definition) is 2. The van der Waals surface area contributed by atoms with Gasteiger partial charge in [-0.15, -0.1) is 0 Å². The second-order valence-corrected chi connectivity index (χ2v) is 5.22. The summed E-state index contributed by atoms with van der Waals surface area (Å²) >= 11 is 6.13. The Balaban J connectivity index is 2.52. The van der Waals surface area contributed by atoms with Gasteiger partial charge in [0.1, 0.15) is 11.0 Å². The Bertz CT molecular complexity index is 366. The Labute approximate surface area is 89.7 Å². The summed E-state index contributed by atoms with van der Waals surface area (Å²) in [5.74, 6) is 0.864. The van der Waals surface area contributed by atoms with Gasteiger partial charge < -0.3 is 0 Å². The predicted octanol–water partition coefficient (Wildman–Crippen LogP) is 2.92. The molecule has 1 aromatic rings. The number of fused-ring (bicyclic) bond motifs is 1. The van der Waals surface area contributed by atoms with E-state index < -0.39 is 0 Å². The molecule has 0 atom stereocenters. The van der Waals surface area contributed by atoms with Crippen molar-refractivity contribution in [2.24, 2.45) is 0 Å². The van der Waals surface area contributed by atoms with Crippen LogP contribution < -0.4 is 0 Å². The zero-order chi connectivity index (χ0) is 10.3. The average molecular weight is 211 g/mol. The lowest BCUT2D eigenvalue weighted by Gasteiger charge is -2.17. The van der Waals surface area contributed by atoms with Gasteiger partial charge in [0.2, 0.25) is 0 Å². The molecule has 1 aliphatic carbocycles. The monoisotopic (exact) mass is 210 g/mol. The van der Waals surface area contributed by atoms with Crippen LogP contribution in [0, 0.1) is 0 Å². The number of hydrogen-bond donors (Lipinski definition) is 0. The van der Waals surface area contributed by atoms with Crippen LogP contribution >= 0.6 is 11.6 Å². The lowest BCUT2D eigenvalue weighted by Crippen LogP contribution is -2.17. The predicted molar refractivity (Wildman–Crippen MR) is 57.8 cm³/mol. The molecule has 3 heteroatoms. The molecule has 2 nitrogen and oxygen atoms in total. The van der Waals surface area contributed by atoms with Crippen LogP contribution in [0.1, 0.15) is 44.3 Å². The van der Waals surface area contributed by atoms with E-state index in [9.17, 15) is 0 Å². The SMILES string of the molecule is CC(C)(C)c1nc(Cl)c2c(n1)CCC2. The largest absolute Gasteiger partial charge is 0.237 e. The Morgan fingerprint density at radius 3 is 2.50 bits per heavy atom. The molecule has 2 rings (SSSR count). The summed E-state index contributed by atoms with van der Waals surface area (Å²) in [5, 5.41) is 0.664. The number of aromatic nitrogens is 2. The van der Waals surface area contributed by atoms with Crippen LogP contribution in [0.4, 0.5) is 0 Å². The third kappa shape index (κ3) is 1.63. The van der Waals surface area contributed by atoms with E-state index in [1.165, 1.54) is 5.56 Å². The van der Waals surface area contributed by atoms with Gasteiger partial charge in [-0.3, -0.25) is 0 Å². The van der Waals surface area contributed by atoms with E-state index >= 15 is 0 Å². The maximum Gasteiger partial charge on any atom is 0.136 e. The third-order valence-corrected chi connectivity index (χ3v) is 2.87. The lowest BCUT2D eigenvalue weighted by atomic mass is 9.95. The van der Waals surface area contributed by atoms with Crippen molar-refractivity contribution < 1.29 is 0 Å². The second kappa shape index (κ2) is 3.20. The summed E-state index contributed by atoms with van der Waals surface area (Å²) in [7, 11) is 0. The molecule has 0 saturated carbocycles. The maximum absolute atomic E-state index is 6.13. The minimum atomic E-state index is -0.0126. The second-order valence-electron chi connectivity index (χ2n) is 4.87. The maximum atomic E-state index is 6.13. The van der Waals surface area contributed by atoms with Gasteiger partial charge >= 0.3 is 0 Å². The van der Waals surface area contributed by atoms with Gasteiger partial charge in [0.15, 0.2) is 0 Å². The fraction of sp³-hybridized carbons (Fsp3) is 0.636. The molecule has 0 spiro atoms. The summed E-state index contributed by atoms with van der Waals surface area (Å²) in [5.41, 5.74) is 2.32. The molecule has 0 bridgehead atoms. The van der Waals surface area contributed by atoms with Gasteiger partial charge in [-0.25, -0.2) is 9.97 Å². The minimum Gasteiger partial charge on any atom is -0.237 e. The Hall–Kier alpha value is -0.630. The van der Waals surface area contributed by atoms with E-state index in [-0.39, 0.29) is 5.41 Å². The highest BCUT2D eigenvalue weighted by Crippen LogP contribution is 2.29. The van der Waals surface area contributed by atoms with Crippen molar-refractivity contribution >= 4 is 11.6 Å². The first-order valence-corrected chi connectivity index (χ1v) is 5.42. The molecule has 0 aromatic carbocycles. The van der Waals surface area contributed by atoms with Gasteiger partial charge in [0.25, 0.3) is 0 Å². The lowest BCUT2D eigenvalue weighted by molar-refractivity contribution is 0.542. The smallest absolute Gasteiger partial charge is 0.136 e. The van der Waals surface area contributed by atoms with Crippen LogP contribution in [0.25, 0.3) is 0 Å². The quantitative estimate of drug-likeness (QED) is 0.616. The van der Waals surface area contributed by atoms with Crippen molar-refractivity contribution in [3.8, 4) is 0 Å². The van der Waals surface area contributed by atoms with Crippen molar-refractivity contribution in [3.05, 3.63) is 22.2 Å². The highest BCUT2D eigenvalue weighted by atomic mass is 35.5. The molecule has 1 heterocycles. The van der Waals surface area contributed by atoms with Crippen LogP contribution in [0.15, 0.2) is 0 Å².